The third kappa shape index (κ3) is 5.27. The van der Waals surface area contributed by atoms with Crippen molar-refractivity contribution in [1.82, 2.24) is 19.7 Å². The van der Waals surface area contributed by atoms with Crippen molar-refractivity contribution < 1.29 is 4.79 Å². The lowest BCUT2D eigenvalue weighted by atomic mass is 10.1. The van der Waals surface area contributed by atoms with Gasteiger partial charge in [-0.1, -0.05) is 41.9 Å². The Morgan fingerprint density at radius 2 is 1.97 bits per heavy atom. The van der Waals surface area contributed by atoms with E-state index in [2.05, 4.69) is 51.2 Å². The van der Waals surface area contributed by atoms with Gasteiger partial charge < -0.3 is 9.88 Å². The Labute approximate surface area is 214 Å². The molecule has 3 aromatic heterocycles. The quantitative estimate of drug-likeness (QED) is 0.243. The van der Waals surface area contributed by atoms with E-state index in [-0.39, 0.29) is 11.7 Å². The third-order valence-electron chi connectivity index (χ3n) is 5.02. The van der Waals surface area contributed by atoms with Crippen LogP contribution in [0.2, 0.25) is 10.0 Å². The Morgan fingerprint density at radius 1 is 1.15 bits per heavy atom. The number of hydrogen-bond acceptors (Lipinski definition) is 7. The highest BCUT2D eigenvalue weighted by atomic mass is 35.5. The number of aromatic nitrogens is 4. The van der Waals surface area contributed by atoms with Crippen molar-refractivity contribution in [3.63, 3.8) is 0 Å². The number of rotatable bonds is 8. The molecule has 4 aromatic rings. The molecule has 1 aromatic carbocycles. The molecule has 0 spiro atoms. The molecule has 0 atom stereocenters. The van der Waals surface area contributed by atoms with E-state index in [4.69, 9.17) is 23.2 Å². The van der Waals surface area contributed by atoms with Gasteiger partial charge in [-0.2, -0.15) is 0 Å². The molecular formula is C22H21Cl2N5OS3. The average molecular weight is 539 g/mol. The van der Waals surface area contributed by atoms with Crippen molar-refractivity contribution in [1.29, 1.82) is 0 Å². The highest BCUT2D eigenvalue weighted by Crippen LogP contribution is 2.34. The third-order valence-corrected chi connectivity index (χ3v) is 8.25. The molecule has 1 amide bonds. The van der Waals surface area contributed by atoms with Gasteiger partial charge in [-0.25, -0.2) is 4.98 Å². The Balaban J connectivity index is 1.43. The van der Waals surface area contributed by atoms with Gasteiger partial charge >= 0.3 is 0 Å². The number of aryl methyl sites for hydroxylation is 1. The van der Waals surface area contributed by atoms with Crippen LogP contribution in [0.25, 0.3) is 22.6 Å². The van der Waals surface area contributed by atoms with Crippen molar-refractivity contribution in [3.8, 4) is 22.6 Å². The van der Waals surface area contributed by atoms with Gasteiger partial charge in [-0.3, -0.25) is 4.79 Å². The number of hydrogen-bond donors (Lipinski definition) is 1. The minimum atomic E-state index is -0.157. The van der Waals surface area contributed by atoms with Gasteiger partial charge in [0, 0.05) is 38.3 Å². The molecule has 0 saturated heterocycles. The van der Waals surface area contributed by atoms with E-state index in [1.165, 1.54) is 33.5 Å². The van der Waals surface area contributed by atoms with E-state index in [9.17, 15) is 4.79 Å². The molecule has 0 fully saturated rings. The second kappa shape index (κ2) is 10.6. The monoisotopic (exact) mass is 537 g/mol. The Kier molecular flexibility index (Phi) is 7.76. The average Bonchev–Trinajstić information content (AvgIpc) is 3.50. The van der Waals surface area contributed by atoms with Crippen LogP contribution in [0.1, 0.15) is 24.3 Å². The zero-order chi connectivity index (χ0) is 23.5. The number of thioether (sulfide) groups is 1. The minimum absolute atomic E-state index is 0.157. The number of thiophene rings is 1. The second-order valence-electron chi connectivity index (χ2n) is 7.09. The lowest BCUT2D eigenvalue weighted by molar-refractivity contribution is -0.113. The summed E-state index contributed by atoms with van der Waals surface area (Å²) in [6.07, 6.45) is 0.948. The summed E-state index contributed by atoms with van der Waals surface area (Å²) in [5.41, 5.74) is 3.89. The smallest absolute Gasteiger partial charge is 0.236 e. The first-order valence-corrected chi connectivity index (χ1v) is 13.7. The summed E-state index contributed by atoms with van der Waals surface area (Å²) in [5, 5.41) is 17.9. The molecule has 3 heterocycles. The number of nitrogens with zero attached hydrogens (tertiary/aromatic N) is 4. The minimum Gasteiger partial charge on any atom is -0.302 e. The van der Waals surface area contributed by atoms with Gasteiger partial charge in [0.15, 0.2) is 16.1 Å². The molecule has 0 aliphatic heterocycles. The van der Waals surface area contributed by atoms with E-state index in [1.807, 2.05) is 11.4 Å². The maximum Gasteiger partial charge on any atom is 0.236 e. The molecule has 0 radical (unpaired) electrons. The Hall–Kier alpha value is -1.91. The van der Waals surface area contributed by atoms with E-state index in [1.54, 1.807) is 23.5 Å². The predicted molar refractivity (Wildman–Crippen MR) is 140 cm³/mol. The summed E-state index contributed by atoms with van der Waals surface area (Å²) in [6.45, 7) is 7.06. The van der Waals surface area contributed by atoms with Gasteiger partial charge in [-0.05, 0) is 44.0 Å². The fourth-order valence-corrected chi connectivity index (χ4v) is 6.40. The van der Waals surface area contributed by atoms with Crippen molar-refractivity contribution in [2.75, 3.05) is 11.1 Å². The molecule has 0 aliphatic rings. The van der Waals surface area contributed by atoms with Gasteiger partial charge in [0.05, 0.1) is 16.5 Å². The van der Waals surface area contributed by atoms with Crippen LogP contribution in [-0.4, -0.2) is 31.4 Å². The van der Waals surface area contributed by atoms with Gasteiger partial charge in [0.1, 0.15) is 0 Å². The van der Waals surface area contributed by atoms with E-state index < -0.39 is 0 Å². The molecule has 0 saturated carbocycles. The molecule has 172 valence electrons. The Bertz CT molecular complexity index is 1300. The van der Waals surface area contributed by atoms with Crippen LogP contribution in [0.15, 0.2) is 34.1 Å². The zero-order valence-electron chi connectivity index (χ0n) is 18.2. The highest BCUT2D eigenvalue weighted by molar-refractivity contribution is 7.99. The summed E-state index contributed by atoms with van der Waals surface area (Å²) in [4.78, 5) is 18.3. The largest absolute Gasteiger partial charge is 0.302 e. The summed E-state index contributed by atoms with van der Waals surface area (Å²) in [6, 6.07) is 5.25. The molecule has 0 aliphatic carbocycles. The Morgan fingerprint density at radius 3 is 2.70 bits per heavy atom. The number of amides is 1. The predicted octanol–water partition coefficient (Wildman–Crippen LogP) is 7.06. The van der Waals surface area contributed by atoms with Crippen LogP contribution in [0.3, 0.4) is 0 Å². The molecule has 4 rings (SSSR count). The van der Waals surface area contributed by atoms with Crippen LogP contribution in [-0.2, 0) is 17.8 Å². The van der Waals surface area contributed by atoms with Crippen molar-refractivity contribution in [2.45, 2.75) is 38.9 Å². The van der Waals surface area contributed by atoms with Gasteiger partial charge in [0.2, 0.25) is 5.91 Å². The number of thiazole rings is 1. The van der Waals surface area contributed by atoms with Crippen LogP contribution in [0.4, 0.5) is 5.13 Å². The highest BCUT2D eigenvalue weighted by Gasteiger charge is 2.19. The molecule has 1 N–H and O–H groups in total. The van der Waals surface area contributed by atoms with Crippen LogP contribution < -0.4 is 5.32 Å². The van der Waals surface area contributed by atoms with Crippen molar-refractivity contribution in [2.24, 2.45) is 0 Å². The topological polar surface area (TPSA) is 72.7 Å². The van der Waals surface area contributed by atoms with Gasteiger partial charge in [0.25, 0.3) is 0 Å². The number of anilines is 1. The SMILES string of the molecule is CCc1c(-c2nnc(SCC(=O)Nc3nc(-c4ccc(Cl)cc4Cl)cs3)n2CC)csc1C. The first-order chi connectivity index (χ1) is 15.9. The normalized spacial score (nSPS) is 11.2. The molecule has 0 unspecified atom stereocenters. The second-order valence-corrected chi connectivity index (χ2v) is 10.8. The number of halogens is 2. The lowest BCUT2D eigenvalue weighted by Gasteiger charge is -2.08. The molecule has 33 heavy (non-hydrogen) atoms. The number of nitrogens with one attached hydrogen (secondary N) is 1. The fraction of sp³-hybridized carbons (Fsp3) is 0.273. The fourth-order valence-electron chi connectivity index (χ4n) is 3.42. The van der Waals surface area contributed by atoms with Crippen LogP contribution >= 0.6 is 57.6 Å². The lowest BCUT2D eigenvalue weighted by Crippen LogP contribution is -2.14. The van der Waals surface area contributed by atoms with Crippen LogP contribution in [0.5, 0.6) is 0 Å². The van der Waals surface area contributed by atoms with E-state index >= 15 is 0 Å². The first kappa shape index (κ1) is 24.2. The number of benzene rings is 1. The number of carbonyl (C=O) groups is 1. The molecular weight excluding hydrogens is 517 g/mol. The standard InChI is InChI=1S/C22H21Cl2N5OS3/c1-4-14-12(3)31-9-16(14)20-27-28-22(29(20)5-2)33-11-19(30)26-21-25-18(10-32-21)15-7-6-13(23)8-17(15)24/h6-10H,4-5,11H2,1-3H3,(H,25,26,30). The summed E-state index contributed by atoms with van der Waals surface area (Å²) in [7, 11) is 0. The summed E-state index contributed by atoms with van der Waals surface area (Å²) >= 11 is 16.7. The van der Waals surface area contributed by atoms with Crippen molar-refractivity contribution >= 4 is 68.7 Å². The summed E-state index contributed by atoms with van der Waals surface area (Å²) in [5.74, 6) is 0.903. The molecule has 11 heteroatoms. The maximum absolute atomic E-state index is 12.6. The number of carbonyl (C=O) groups excluding carboxylic acids is 1. The van der Waals surface area contributed by atoms with Gasteiger partial charge in [-0.15, -0.1) is 32.9 Å². The first-order valence-electron chi connectivity index (χ1n) is 10.2. The summed E-state index contributed by atoms with van der Waals surface area (Å²) < 4.78 is 2.06. The van der Waals surface area contributed by atoms with E-state index in [0.717, 1.165) is 35.1 Å². The van der Waals surface area contributed by atoms with E-state index in [0.29, 0.717) is 20.9 Å². The van der Waals surface area contributed by atoms with Crippen LogP contribution in [0, 0.1) is 6.92 Å². The van der Waals surface area contributed by atoms with Crippen molar-refractivity contribution in [3.05, 3.63) is 49.4 Å². The molecule has 6 nitrogen and oxygen atoms in total. The zero-order valence-corrected chi connectivity index (χ0v) is 22.1. The maximum atomic E-state index is 12.6. The molecule has 0 bridgehead atoms.